The van der Waals surface area contributed by atoms with E-state index in [1.54, 1.807) is 0 Å². The van der Waals surface area contributed by atoms with Gasteiger partial charge in [-0.25, -0.2) is 4.39 Å². The summed E-state index contributed by atoms with van der Waals surface area (Å²) in [4.78, 5) is 14.4. The molecule has 1 saturated heterocycles. The summed E-state index contributed by atoms with van der Waals surface area (Å²) in [5, 5.41) is 12.0. The monoisotopic (exact) mass is 413 g/mol. The third-order valence-corrected chi connectivity index (χ3v) is 5.32. The van der Waals surface area contributed by atoms with Crippen molar-refractivity contribution in [3.63, 3.8) is 0 Å². The maximum Gasteiger partial charge on any atom is 0.234 e. The molecule has 2 heterocycles. The van der Waals surface area contributed by atoms with Crippen molar-refractivity contribution in [2.75, 3.05) is 37.4 Å². The number of amides is 1. The number of anilines is 1. The van der Waals surface area contributed by atoms with Crippen LogP contribution in [-0.4, -0.2) is 57.6 Å². The summed E-state index contributed by atoms with van der Waals surface area (Å²) in [6, 6.07) is 4.13. The van der Waals surface area contributed by atoms with Crippen molar-refractivity contribution >= 4 is 35.0 Å². The third-order valence-electron chi connectivity index (χ3n) is 4.12. The number of hydrogen-bond donors (Lipinski definition) is 1. The molecule has 0 aliphatic carbocycles. The lowest BCUT2D eigenvalue weighted by atomic mass is 10.3. The first-order valence-electron chi connectivity index (χ1n) is 8.66. The van der Waals surface area contributed by atoms with Crippen molar-refractivity contribution in [2.24, 2.45) is 0 Å². The molecular weight excluding hydrogens is 393 g/mol. The highest BCUT2D eigenvalue weighted by Gasteiger charge is 2.18. The molecule has 1 aliphatic heterocycles. The summed E-state index contributed by atoms with van der Waals surface area (Å²) in [6.45, 7) is 6.61. The van der Waals surface area contributed by atoms with Gasteiger partial charge in [0.05, 0.1) is 31.2 Å². The molecule has 1 amide bonds. The highest BCUT2D eigenvalue weighted by atomic mass is 35.5. The lowest BCUT2D eigenvalue weighted by molar-refractivity contribution is -0.113. The lowest BCUT2D eigenvalue weighted by Crippen LogP contribution is -2.36. The number of halogens is 2. The standard InChI is InChI=1S/C17H21ClFN5O2S/c1-2-24-15(10-23-5-7-26-8-6-23)21-22-17(24)27-11-16(25)20-14-4-3-12(18)9-13(14)19/h3-4,9H,2,5-8,10-11H2,1H3,(H,20,25). The second-order valence-corrected chi connectivity index (χ2v) is 7.37. The van der Waals surface area contributed by atoms with Crippen molar-refractivity contribution < 1.29 is 13.9 Å². The molecule has 1 aliphatic rings. The van der Waals surface area contributed by atoms with Crippen molar-refractivity contribution in [3.8, 4) is 0 Å². The van der Waals surface area contributed by atoms with Gasteiger partial charge in [-0.3, -0.25) is 9.69 Å². The molecule has 0 unspecified atom stereocenters. The van der Waals surface area contributed by atoms with Gasteiger partial charge in [0, 0.05) is 24.7 Å². The number of nitrogens with one attached hydrogen (secondary N) is 1. The SMILES string of the molecule is CCn1c(CN2CCOCC2)nnc1SCC(=O)Nc1ccc(Cl)cc1F. The number of morpholine rings is 1. The van der Waals surface area contributed by atoms with E-state index < -0.39 is 5.82 Å². The molecule has 1 fully saturated rings. The van der Waals surface area contributed by atoms with Crippen LogP contribution in [-0.2, 0) is 22.6 Å². The number of carbonyl (C=O) groups is 1. The number of hydrogen-bond acceptors (Lipinski definition) is 6. The molecule has 0 saturated carbocycles. The fourth-order valence-electron chi connectivity index (χ4n) is 2.73. The number of ether oxygens (including phenoxy) is 1. The van der Waals surface area contributed by atoms with Gasteiger partial charge >= 0.3 is 0 Å². The Morgan fingerprint density at radius 2 is 2.15 bits per heavy atom. The van der Waals surface area contributed by atoms with Crippen LogP contribution in [0.4, 0.5) is 10.1 Å². The minimum Gasteiger partial charge on any atom is -0.379 e. The lowest BCUT2D eigenvalue weighted by Gasteiger charge is -2.26. The largest absolute Gasteiger partial charge is 0.379 e. The smallest absolute Gasteiger partial charge is 0.234 e. The second-order valence-electron chi connectivity index (χ2n) is 5.99. The first-order chi connectivity index (χ1) is 13.1. The van der Waals surface area contributed by atoms with E-state index in [9.17, 15) is 9.18 Å². The normalized spacial score (nSPS) is 15.1. The van der Waals surface area contributed by atoms with Crippen LogP contribution in [0.5, 0.6) is 0 Å². The van der Waals surface area contributed by atoms with E-state index in [2.05, 4.69) is 20.4 Å². The number of thioether (sulfide) groups is 1. The predicted octanol–water partition coefficient (Wildman–Crippen LogP) is 2.65. The van der Waals surface area contributed by atoms with E-state index in [4.69, 9.17) is 16.3 Å². The summed E-state index contributed by atoms with van der Waals surface area (Å²) in [6.07, 6.45) is 0. The Bertz CT molecular complexity index is 798. The van der Waals surface area contributed by atoms with Gasteiger partial charge in [0.15, 0.2) is 5.16 Å². The molecular formula is C17H21ClFN5O2S. The Kier molecular flexibility index (Phi) is 7.06. The average Bonchev–Trinajstić information content (AvgIpc) is 3.04. The topological polar surface area (TPSA) is 72.3 Å². The molecule has 10 heteroatoms. The first kappa shape index (κ1) is 20.1. The van der Waals surface area contributed by atoms with Crippen LogP contribution in [0.3, 0.4) is 0 Å². The quantitative estimate of drug-likeness (QED) is 0.703. The molecule has 7 nitrogen and oxygen atoms in total. The highest BCUT2D eigenvalue weighted by molar-refractivity contribution is 7.99. The van der Waals surface area contributed by atoms with Gasteiger partial charge in [-0.05, 0) is 25.1 Å². The van der Waals surface area contributed by atoms with E-state index in [1.165, 1.54) is 23.9 Å². The maximum atomic E-state index is 13.8. The molecule has 0 spiro atoms. The van der Waals surface area contributed by atoms with Gasteiger partial charge in [0.2, 0.25) is 5.91 Å². The van der Waals surface area contributed by atoms with E-state index in [0.29, 0.717) is 18.2 Å². The molecule has 1 aromatic carbocycles. The maximum absolute atomic E-state index is 13.8. The molecule has 3 rings (SSSR count). The van der Waals surface area contributed by atoms with Gasteiger partial charge in [-0.15, -0.1) is 10.2 Å². The van der Waals surface area contributed by atoms with Crippen molar-refractivity contribution in [1.82, 2.24) is 19.7 Å². The zero-order valence-corrected chi connectivity index (χ0v) is 16.5. The fourth-order valence-corrected chi connectivity index (χ4v) is 3.71. The second kappa shape index (κ2) is 9.50. The van der Waals surface area contributed by atoms with Gasteiger partial charge in [0.1, 0.15) is 11.6 Å². The molecule has 0 bridgehead atoms. The highest BCUT2D eigenvalue weighted by Crippen LogP contribution is 2.21. The number of nitrogens with zero attached hydrogens (tertiary/aromatic N) is 4. The van der Waals surface area contributed by atoms with Crippen molar-refractivity contribution in [2.45, 2.75) is 25.2 Å². The van der Waals surface area contributed by atoms with Crippen LogP contribution in [0, 0.1) is 5.82 Å². The zero-order valence-electron chi connectivity index (χ0n) is 15.0. The fraction of sp³-hybridized carbons (Fsp3) is 0.471. The Hall–Kier alpha value is -1.68. The molecule has 146 valence electrons. The number of carbonyl (C=O) groups excluding carboxylic acids is 1. The molecule has 27 heavy (non-hydrogen) atoms. The van der Waals surface area contributed by atoms with Crippen LogP contribution >= 0.6 is 23.4 Å². The Balaban J connectivity index is 1.57. The van der Waals surface area contributed by atoms with Gasteiger partial charge in [-0.1, -0.05) is 23.4 Å². The first-order valence-corrected chi connectivity index (χ1v) is 10.0. The minimum absolute atomic E-state index is 0.106. The van der Waals surface area contributed by atoms with E-state index >= 15 is 0 Å². The summed E-state index contributed by atoms with van der Waals surface area (Å²) in [5.41, 5.74) is 0.106. The van der Waals surface area contributed by atoms with Crippen LogP contribution in [0.2, 0.25) is 5.02 Å². The van der Waals surface area contributed by atoms with Crippen LogP contribution < -0.4 is 5.32 Å². The Morgan fingerprint density at radius 3 is 2.85 bits per heavy atom. The van der Waals surface area contributed by atoms with Crippen molar-refractivity contribution in [1.29, 1.82) is 0 Å². The number of rotatable bonds is 7. The Morgan fingerprint density at radius 1 is 1.37 bits per heavy atom. The minimum atomic E-state index is -0.564. The van der Waals surface area contributed by atoms with Crippen LogP contribution in [0.15, 0.2) is 23.4 Å². The predicted molar refractivity (Wildman–Crippen MR) is 103 cm³/mol. The van der Waals surface area contributed by atoms with Gasteiger partial charge in [0.25, 0.3) is 0 Å². The van der Waals surface area contributed by atoms with E-state index in [1.807, 2.05) is 11.5 Å². The van der Waals surface area contributed by atoms with Gasteiger partial charge < -0.3 is 14.6 Å². The van der Waals surface area contributed by atoms with Crippen LogP contribution in [0.25, 0.3) is 0 Å². The number of benzene rings is 1. The summed E-state index contributed by atoms with van der Waals surface area (Å²) < 4.78 is 21.1. The van der Waals surface area contributed by atoms with E-state index in [0.717, 1.165) is 38.2 Å². The summed E-state index contributed by atoms with van der Waals surface area (Å²) >= 11 is 6.99. The molecule has 1 N–H and O–H groups in total. The molecule has 0 radical (unpaired) electrons. The Labute approximate surface area is 166 Å². The number of aromatic nitrogens is 3. The van der Waals surface area contributed by atoms with Crippen LogP contribution in [0.1, 0.15) is 12.7 Å². The van der Waals surface area contributed by atoms with Gasteiger partial charge in [-0.2, -0.15) is 0 Å². The molecule has 1 aromatic heterocycles. The summed E-state index contributed by atoms with van der Waals surface area (Å²) in [5.74, 6) is 0.0932. The molecule has 0 atom stereocenters. The molecule has 2 aromatic rings. The zero-order chi connectivity index (χ0) is 19.2. The van der Waals surface area contributed by atoms with Crippen molar-refractivity contribution in [3.05, 3.63) is 34.9 Å². The third kappa shape index (κ3) is 5.41. The summed E-state index contributed by atoms with van der Waals surface area (Å²) in [7, 11) is 0. The van der Waals surface area contributed by atoms with E-state index in [-0.39, 0.29) is 22.4 Å². The average molecular weight is 414 g/mol.